The number of nitrogens with zero attached hydrogens (tertiary/aromatic N) is 2. The second-order valence-corrected chi connectivity index (χ2v) is 13.6. The van der Waals surface area contributed by atoms with Gasteiger partial charge in [0.1, 0.15) is 11.5 Å². The van der Waals surface area contributed by atoms with Crippen LogP contribution in [0.1, 0.15) is 5.56 Å². The molecular weight excluding hydrogens is 590 g/mol. The molecule has 0 bridgehead atoms. The van der Waals surface area contributed by atoms with Gasteiger partial charge in [-0.25, -0.2) is 22.0 Å². The summed E-state index contributed by atoms with van der Waals surface area (Å²) in [5.41, 5.74) is 2.48. The van der Waals surface area contributed by atoms with E-state index in [1.807, 2.05) is 30.3 Å². The minimum atomic E-state index is -4.26. The third-order valence-electron chi connectivity index (χ3n) is 7.03. The molecule has 4 aromatic carbocycles. The molecule has 0 unspecified atom stereocenters. The number of nitrogens with two attached hydrogens (primary N) is 1. The molecule has 0 saturated carbocycles. The molecule has 0 saturated heterocycles. The summed E-state index contributed by atoms with van der Waals surface area (Å²) in [6, 6.07) is 24.5. The minimum Gasteiger partial charge on any atom is -0.497 e. The van der Waals surface area contributed by atoms with E-state index in [4.69, 9.17) is 14.6 Å². The maximum Gasteiger partial charge on any atom is 0.236 e. The van der Waals surface area contributed by atoms with Crippen LogP contribution in [0.2, 0.25) is 0 Å². The van der Waals surface area contributed by atoms with E-state index in [0.29, 0.717) is 33.4 Å². The molecule has 0 aliphatic carbocycles. The van der Waals surface area contributed by atoms with Gasteiger partial charge >= 0.3 is 0 Å². The number of aromatic nitrogens is 1. The van der Waals surface area contributed by atoms with E-state index in [9.17, 15) is 21.6 Å². The molecule has 0 aliphatic heterocycles. The number of anilines is 1. The molecule has 5 aromatic rings. The third kappa shape index (κ3) is 6.61. The first kappa shape index (κ1) is 30.0. The smallest absolute Gasteiger partial charge is 0.236 e. The zero-order valence-electron chi connectivity index (χ0n) is 23.4. The molecule has 0 fully saturated rings. The second-order valence-electron chi connectivity index (χ2n) is 9.82. The van der Waals surface area contributed by atoms with Gasteiger partial charge < -0.3 is 9.47 Å². The van der Waals surface area contributed by atoms with Crippen LogP contribution in [0, 0.1) is 0 Å². The van der Waals surface area contributed by atoms with E-state index in [0.717, 1.165) is 15.4 Å². The Morgan fingerprint density at radius 1 is 0.791 bits per heavy atom. The van der Waals surface area contributed by atoms with Crippen LogP contribution in [0.4, 0.5) is 5.69 Å². The van der Waals surface area contributed by atoms with Gasteiger partial charge in [-0.1, -0.05) is 42.5 Å². The molecule has 0 aliphatic rings. The zero-order valence-corrected chi connectivity index (χ0v) is 25.1. The molecule has 2 N–H and O–H groups in total. The molecule has 0 atom stereocenters. The first-order valence-corrected chi connectivity index (χ1v) is 16.5. The van der Waals surface area contributed by atoms with Crippen molar-refractivity contribution in [3.8, 4) is 22.6 Å². The molecule has 12 heteroatoms. The fourth-order valence-electron chi connectivity index (χ4n) is 4.75. The number of fused-ring (bicyclic) bond motifs is 2. The molecule has 0 radical (unpaired) electrons. The lowest BCUT2D eigenvalue weighted by Gasteiger charge is -2.25. The van der Waals surface area contributed by atoms with Crippen molar-refractivity contribution in [1.82, 2.24) is 4.98 Å². The van der Waals surface area contributed by atoms with Crippen molar-refractivity contribution in [3.63, 3.8) is 0 Å². The van der Waals surface area contributed by atoms with Gasteiger partial charge in [-0.15, -0.1) is 0 Å². The second kappa shape index (κ2) is 12.0. The lowest BCUT2D eigenvalue weighted by Crippen LogP contribution is -2.36. The van der Waals surface area contributed by atoms with Crippen molar-refractivity contribution in [1.29, 1.82) is 0 Å². The zero-order chi connectivity index (χ0) is 30.8. The molecule has 5 rings (SSSR count). The van der Waals surface area contributed by atoms with E-state index in [-0.39, 0.29) is 23.0 Å². The molecule has 1 aromatic heterocycles. The molecule has 222 valence electrons. The van der Waals surface area contributed by atoms with Crippen LogP contribution in [0.3, 0.4) is 0 Å². The summed E-state index contributed by atoms with van der Waals surface area (Å²) in [5, 5.41) is 6.36. The van der Waals surface area contributed by atoms with Crippen LogP contribution >= 0.6 is 0 Å². The molecule has 1 heterocycles. The Balaban J connectivity index is 1.68. The highest BCUT2D eigenvalue weighted by Crippen LogP contribution is 2.31. The van der Waals surface area contributed by atoms with Crippen molar-refractivity contribution in [3.05, 3.63) is 107 Å². The van der Waals surface area contributed by atoms with E-state index in [2.05, 4.69) is 4.98 Å². The normalized spacial score (nSPS) is 11.9. The average molecular weight is 620 g/mol. The number of hydrogen-bond acceptors (Lipinski definition) is 8. The Kier molecular flexibility index (Phi) is 8.36. The van der Waals surface area contributed by atoms with Crippen LogP contribution in [0.5, 0.6) is 11.5 Å². The Morgan fingerprint density at radius 3 is 2.23 bits per heavy atom. The highest BCUT2D eigenvalue weighted by atomic mass is 32.2. The predicted molar refractivity (Wildman–Crippen MR) is 168 cm³/mol. The molecule has 0 amide bonds. The van der Waals surface area contributed by atoms with Crippen molar-refractivity contribution in [2.75, 3.05) is 30.0 Å². The van der Waals surface area contributed by atoms with Gasteiger partial charge in [-0.3, -0.25) is 14.1 Å². The fourth-order valence-corrected chi connectivity index (χ4v) is 7.52. The number of rotatable bonds is 10. The number of hydrogen-bond donors (Lipinski definition) is 1. The molecule has 10 nitrogen and oxygen atoms in total. The maximum absolute atomic E-state index is 13.9. The highest BCUT2D eigenvalue weighted by Gasteiger charge is 2.26. The summed E-state index contributed by atoms with van der Waals surface area (Å²) in [7, 11) is -5.39. The summed E-state index contributed by atoms with van der Waals surface area (Å²) in [5.74, 6) is -0.663. The van der Waals surface area contributed by atoms with E-state index in [1.54, 1.807) is 54.7 Å². The third-order valence-corrected chi connectivity index (χ3v) is 9.79. The van der Waals surface area contributed by atoms with Crippen LogP contribution in [-0.2, 0) is 26.6 Å². The van der Waals surface area contributed by atoms with Gasteiger partial charge in [-0.2, -0.15) is 0 Å². The van der Waals surface area contributed by atoms with Gasteiger partial charge in [0.05, 0.1) is 43.5 Å². The number of ether oxygens (including phenoxy) is 2. The quantitative estimate of drug-likeness (QED) is 0.246. The number of benzene rings is 3. The first-order valence-electron chi connectivity index (χ1n) is 13.1. The molecule has 43 heavy (non-hydrogen) atoms. The fraction of sp³-hybridized carbons (Fsp3) is 0.161. The van der Waals surface area contributed by atoms with Crippen LogP contribution in [-0.4, -0.2) is 47.5 Å². The maximum atomic E-state index is 13.9. The number of sulfonamides is 2. The first-order chi connectivity index (χ1) is 20.5. The van der Waals surface area contributed by atoms with Gasteiger partial charge in [-0.05, 0) is 47.3 Å². The van der Waals surface area contributed by atoms with Crippen molar-refractivity contribution in [2.24, 2.45) is 5.14 Å². The van der Waals surface area contributed by atoms with Gasteiger partial charge in [0, 0.05) is 34.2 Å². The standard InChI is InChI=1S/C31H29N3O7S2/c1-40-26-12-9-23(30(18-26)41-2)20-34(43(38,39)15-14-42(32,36)37)25-11-8-22-10-13-29-28(31(35)27(22)17-25)16-24(19-33-29)21-6-4-3-5-7-21/h3-13,16-19H,14-15,20H2,1-2H3,(H2,32,36,37). The van der Waals surface area contributed by atoms with Crippen LogP contribution in [0.25, 0.3) is 32.8 Å². The van der Waals surface area contributed by atoms with E-state index in [1.165, 1.54) is 20.3 Å². The van der Waals surface area contributed by atoms with E-state index < -0.39 is 31.6 Å². The van der Waals surface area contributed by atoms with Crippen molar-refractivity contribution >= 4 is 47.4 Å². The number of pyridine rings is 1. The average Bonchev–Trinajstić information content (AvgIpc) is 3.14. The topological polar surface area (TPSA) is 146 Å². The van der Waals surface area contributed by atoms with Gasteiger partial charge in [0.2, 0.25) is 20.0 Å². The monoisotopic (exact) mass is 619 g/mol. The van der Waals surface area contributed by atoms with Gasteiger partial charge in [0.25, 0.3) is 0 Å². The number of methoxy groups -OCH3 is 2. The predicted octanol–water partition coefficient (Wildman–Crippen LogP) is 4.06. The number of primary sulfonamides is 1. The summed E-state index contributed by atoms with van der Waals surface area (Å²) in [6.07, 6.45) is 1.70. The lowest BCUT2D eigenvalue weighted by atomic mass is 10.1. The van der Waals surface area contributed by atoms with Crippen LogP contribution in [0.15, 0.2) is 95.9 Å². The Labute approximate surface area is 249 Å². The van der Waals surface area contributed by atoms with Crippen LogP contribution < -0.4 is 24.3 Å². The summed E-state index contributed by atoms with van der Waals surface area (Å²) < 4.78 is 62.5. The van der Waals surface area contributed by atoms with E-state index >= 15 is 0 Å². The largest absolute Gasteiger partial charge is 0.497 e. The molecular formula is C31H29N3O7S2. The minimum absolute atomic E-state index is 0.170. The van der Waals surface area contributed by atoms with Crippen molar-refractivity contribution < 1.29 is 26.3 Å². The summed E-state index contributed by atoms with van der Waals surface area (Å²) >= 11 is 0. The Hall–Kier alpha value is -4.52. The van der Waals surface area contributed by atoms with Gasteiger partial charge in [0.15, 0.2) is 5.43 Å². The summed E-state index contributed by atoms with van der Waals surface area (Å²) in [6.45, 7) is -0.209. The summed E-state index contributed by atoms with van der Waals surface area (Å²) in [4.78, 5) is 18.5. The highest BCUT2D eigenvalue weighted by molar-refractivity contribution is 7.95. The Bertz CT molecular complexity index is 2100. The Morgan fingerprint density at radius 2 is 1.53 bits per heavy atom. The SMILES string of the molecule is COc1ccc(CN(c2ccc3ccc4ncc(-c5ccccc5)cc4c(=O)c3c2)S(=O)(=O)CCS(N)(=O)=O)c(OC)c1. The lowest BCUT2D eigenvalue weighted by molar-refractivity contribution is 0.391. The molecule has 0 spiro atoms. The van der Waals surface area contributed by atoms with Crippen molar-refractivity contribution in [2.45, 2.75) is 6.54 Å².